The van der Waals surface area contributed by atoms with Gasteiger partial charge in [-0.15, -0.1) is 0 Å². The summed E-state index contributed by atoms with van der Waals surface area (Å²) in [6.45, 7) is 4.88. The van der Waals surface area contributed by atoms with E-state index >= 15 is 0 Å². The van der Waals surface area contributed by atoms with E-state index in [1.807, 2.05) is 41.7 Å². The molecule has 0 bridgehead atoms. The number of ether oxygens (including phenoxy) is 2. The Balaban J connectivity index is 1.53. The lowest BCUT2D eigenvalue weighted by molar-refractivity contribution is 0.148. The van der Waals surface area contributed by atoms with E-state index in [-0.39, 0.29) is 0 Å². The van der Waals surface area contributed by atoms with Crippen LogP contribution >= 0.6 is 11.6 Å². The molecule has 0 aliphatic carbocycles. The van der Waals surface area contributed by atoms with Crippen LogP contribution < -0.4 is 14.8 Å². The van der Waals surface area contributed by atoms with Crippen molar-refractivity contribution in [1.82, 2.24) is 19.3 Å². The van der Waals surface area contributed by atoms with Crippen molar-refractivity contribution in [2.45, 2.75) is 19.8 Å². The van der Waals surface area contributed by atoms with Gasteiger partial charge in [0.15, 0.2) is 17.3 Å². The van der Waals surface area contributed by atoms with Crippen molar-refractivity contribution >= 4 is 39.7 Å². The Bertz CT molecular complexity index is 1280. The maximum absolute atomic E-state index is 6.46. The number of methoxy groups -OCH3 is 1. The van der Waals surface area contributed by atoms with Crippen LogP contribution in [0.2, 0.25) is 5.02 Å². The van der Waals surface area contributed by atoms with Crippen LogP contribution in [0.1, 0.15) is 18.4 Å². The predicted molar refractivity (Wildman–Crippen MR) is 132 cm³/mol. The van der Waals surface area contributed by atoms with E-state index in [2.05, 4.69) is 22.2 Å². The van der Waals surface area contributed by atoms with Gasteiger partial charge in [0.2, 0.25) is 0 Å². The molecule has 3 heterocycles. The number of para-hydroxylation sites is 1. The number of hydrogen-bond donors (Lipinski definition) is 1. The van der Waals surface area contributed by atoms with Crippen LogP contribution in [0.3, 0.4) is 0 Å². The van der Waals surface area contributed by atoms with E-state index in [0.717, 1.165) is 40.9 Å². The van der Waals surface area contributed by atoms with E-state index in [1.165, 1.54) is 12.8 Å². The van der Waals surface area contributed by atoms with Crippen LogP contribution in [-0.4, -0.2) is 53.1 Å². The summed E-state index contributed by atoms with van der Waals surface area (Å²) >= 11 is 6.46. The highest BCUT2D eigenvalue weighted by Gasteiger charge is 2.20. The molecule has 4 aromatic rings. The van der Waals surface area contributed by atoms with Crippen molar-refractivity contribution in [2.24, 2.45) is 5.92 Å². The van der Waals surface area contributed by atoms with Gasteiger partial charge in [0, 0.05) is 24.6 Å². The quantitative estimate of drug-likeness (QED) is 0.416. The topological polar surface area (TPSA) is 63.9 Å². The summed E-state index contributed by atoms with van der Waals surface area (Å²) in [5.74, 6) is 2.58. The minimum absolute atomic E-state index is 0.508. The maximum Gasteiger partial charge on any atom is 0.163 e. The molecule has 1 unspecified atom stereocenters. The molecule has 2 aromatic carbocycles. The number of imidazole rings is 1. The van der Waals surface area contributed by atoms with Gasteiger partial charge >= 0.3 is 0 Å². The molecule has 8 heteroatoms. The van der Waals surface area contributed by atoms with E-state index in [1.54, 1.807) is 19.6 Å². The Morgan fingerprint density at radius 1 is 1.21 bits per heavy atom. The summed E-state index contributed by atoms with van der Waals surface area (Å²) in [6, 6.07) is 9.73. The largest absolute Gasteiger partial charge is 0.493 e. The second kappa shape index (κ2) is 9.08. The molecule has 1 aliphatic rings. The number of nitrogens with zero attached hydrogens (tertiary/aromatic N) is 4. The van der Waals surface area contributed by atoms with Crippen molar-refractivity contribution < 1.29 is 9.47 Å². The lowest BCUT2D eigenvalue weighted by Crippen LogP contribution is -2.34. The zero-order chi connectivity index (χ0) is 22.9. The lowest BCUT2D eigenvalue weighted by atomic mass is 9.99. The molecule has 1 aliphatic heterocycles. The first-order valence-corrected chi connectivity index (χ1v) is 11.6. The highest BCUT2D eigenvalue weighted by atomic mass is 35.5. The minimum Gasteiger partial charge on any atom is -0.493 e. The Morgan fingerprint density at radius 3 is 2.88 bits per heavy atom. The molecule has 0 radical (unpaired) electrons. The third kappa shape index (κ3) is 4.30. The Labute approximate surface area is 198 Å². The maximum atomic E-state index is 6.46. The Hall–Kier alpha value is -3.03. The molecule has 0 saturated carbocycles. The van der Waals surface area contributed by atoms with Crippen LogP contribution in [0.5, 0.6) is 11.5 Å². The van der Waals surface area contributed by atoms with Gasteiger partial charge < -0.3 is 19.7 Å². The SMILES string of the molecule is COc1cc2c(cc1OCC1CCCN(C)C1)nc(Nc1c(C)cccc1Cl)c1cncn12. The number of fused-ring (bicyclic) bond motifs is 3. The summed E-state index contributed by atoms with van der Waals surface area (Å²) in [4.78, 5) is 11.6. The molecule has 7 nitrogen and oxygen atoms in total. The van der Waals surface area contributed by atoms with Crippen molar-refractivity contribution in [2.75, 3.05) is 39.2 Å². The molecular weight excluding hydrogens is 438 g/mol. The number of hydrogen-bond acceptors (Lipinski definition) is 6. The molecule has 1 N–H and O–H groups in total. The number of aromatic nitrogens is 3. The van der Waals surface area contributed by atoms with E-state index < -0.39 is 0 Å². The highest BCUT2D eigenvalue weighted by molar-refractivity contribution is 6.33. The van der Waals surface area contributed by atoms with Gasteiger partial charge in [-0.3, -0.25) is 4.40 Å². The smallest absolute Gasteiger partial charge is 0.163 e. The number of nitrogens with one attached hydrogen (secondary N) is 1. The monoisotopic (exact) mass is 465 g/mol. The molecule has 2 aromatic heterocycles. The molecule has 1 fully saturated rings. The van der Waals surface area contributed by atoms with Crippen LogP contribution in [0, 0.1) is 12.8 Å². The molecular formula is C25H28ClN5O2. The summed E-state index contributed by atoms with van der Waals surface area (Å²) in [5.41, 5.74) is 4.40. The molecule has 0 spiro atoms. The van der Waals surface area contributed by atoms with Crippen molar-refractivity contribution in [3.05, 3.63) is 53.4 Å². The molecule has 33 heavy (non-hydrogen) atoms. The molecule has 5 rings (SSSR count). The number of piperidine rings is 1. The van der Waals surface area contributed by atoms with Gasteiger partial charge in [0.1, 0.15) is 5.52 Å². The van der Waals surface area contributed by atoms with Crippen molar-refractivity contribution in [3.63, 3.8) is 0 Å². The van der Waals surface area contributed by atoms with Crippen LogP contribution in [0.4, 0.5) is 11.5 Å². The average Bonchev–Trinajstić information content (AvgIpc) is 3.30. The van der Waals surface area contributed by atoms with Gasteiger partial charge in [0.05, 0.1) is 48.0 Å². The fraction of sp³-hybridized carbons (Fsp3) is 0.360. The zero-order valence-electron chi connectivity index (χ0n) is 19.1. The first-order chi connectivity index (χ1) is 16.0. The normalized spacial score (nSPS) is 16.9. The lowest BCUT2D eigenvalue weighted by Gasteiger charge is -2.29. The molecule has 0 amide bonds. The van der Waals surface area contributed by atoms with Gasteiger partial charge in [-0.05, 0) is 45.0 Å². The zero-order valence-corrected chi connectivity index (χ0v) is 19.9. The van der Waals surface area contributed by atoms with Gasteiger partial charge in [-0.25, -0.2) is 9.97 Å². The highest BCUT2D eigenvalue weighted by Crippen LogP contribution is 2.36. The van der Waals surface area contributed by atoms with Crippen LogP contribution in [-0.2, 0) is 0 Å². The summed E-state index contributed by atoms with van der Waals surface area (Å²) in [6.07, 6.45) is 5.95. The minimum atomic E-state index is 0.508. The first kappa shape index (κ1) is 21.8. The van der Waals surface area contributed by atoms with Crippen molar-refractivity contribution in [3.8, 4) is 11.5 Å². The summed E-state index contributed by atoms with van der Waals surface area (Å²) < 4.78 is 13.9. The van der Waals surface area contributed by atoms with Crippen molar-refractivity contribution in [1.29, 1.82) is 0 Å². The summed E-state index contributed by atoms with van der Waals surface area (Å²) in [5, 5.41) is 4.06. The number of rotatable bonds is 6. The van der Waals surface area contributed by atoms with Gasteiger partial charge in [-0.1, -0.05) is 23.7 Å². The molecule has 1 saturated heterocycles. The van der Waals surface area contributed by atoms with E-state index in [0.29, 0.717) is 34.9 Å². The van der Waals surface area contributed by atoms with Gasteiger partial charge in [-0.2, -0.15) is 0 Å². The third-order valence-electron chi connectivity index (χ3n) is 6.30. The second-order valence-corrected chi connectivity index (χ2v) is 9.15. The predicted octanol–water partition coefficient (Wildman–Crippen LogP) is 5.32. The van der Waals surface area contributed by atoms with Gasteiger partial charge in [0.25, 0.3) is 0 Å². The average molecular weight is 466 g/mol. The fourth-order valence-electron chi connectivity index (χ4n) is 4.55. The summed E-state index contributed by atoms with van der Waals surface area (Å²) in [7, 11) is 3.83. The second-order valence-electron chi connectivity index (χ2n) is 8.74. The van der Waals surface area contributed by atoms with Crippen LogP contribution in [0.25, 0.3) is 16.6 Å². The number of aryl methyl sites for hydroxylation is 1. The number of likely N-dealkylation sites (tertiary alicyclic amines) is 1. The van der Waals surface area contributed by atoms with Crippen LogP contribution in [0.15, 0.2) is 42.9 Å². The number of anilines is 2. The number of benzene rings is 2. The first-order valence-electron chi connectivity index (χ1n) is 11.2. The van der Waals surface area contributed by atoms with E-state index in [4.69, 9.17) is 26.1 Å². The van der Waals surface area contributed by atoms with E-state index in [9.17, 15) is 0 Å². The standard InChI is InChI=1S/C25H28ClN5O2/c1-16-6-4-8-18(26)24(16)29-25-21-12-27-15-31(21)20-11-22(32-3)23(10-19(20)28-25)33-14-17-7-5-9-30(2)13-17/h4,6,8,10-12,15,17H,5,7,9,13-14H2,1-3H3,(H,28,29). The third-order valence-corrected chi connectivity index (χ3v) is 6.61. The number of halogens is 1. The molecule has 172 valence electrons. The Kier molecular flexibility index (Phi) is 6.00. The fourth-order valence-corrected chi connectivity index (χ4v) is 4.82. The molecule has 1 atom stereocenters. The Morgan fingerprint density at radius 2 is 2.09 bits per heavy atom.